The molecule has 0 aromatic heterocycles. The Morgan fingerprint density at radius 2 is 2.05 bits per heavy atom. The Kier molecular flexibility index (Phi) is 5.41. The van der Waals surface area contributed by atoms with Gasteiger partial charge in [0.05, 0.1) is 11.5 Å². The summed E-state index contributed by atoms with van der Waals surface area (Å²) < 4.78 is 23.4. The third-order valence-corrected chi connectivity index (χ3v) is 6.12. The van der Waals surface area contributed by atoms with E-state index in [0.717, 1.165) is 5.56 Å². The fourth-order valence-corrected chi connectivity index (χ4v) is 4.77. The zero-order valence-electron chi connectivity index (χ0n) is 12.6. The lowest BCUT2D eigenvalue weighted by Gasteiger charge is -2.30. The molecule has 1 aromatic carbocycles. The summed E-state index contributed by atoms with van der Waals surface area (Å²) in [6, 6.07) is 4.83. The monoisotopic (exact) mass is 363 g/mol. The van der Waals surface area contributed by atoms with Gasteiger partial charge in [0.25, 0.3) is 0 Å². The van der Waals surface area contributed by atoms with Crippen LogP contribution in [0.25, 0.3) is 0 Å². The summed E-state index contributed by atoms with van der Waals surface area (Å²) in [5, 5.41) is 1.01. The van der Waals surface area contributed by atoms with Crippen LogP contribution in [0.1, 0.15) is 25.8 Å². The Morgan fingerprint density at radius 1 is 1.36 bits per heavy atom. The van der Waals surface area contributed by atoms with Gasteiger partial charge in [-0.3, -0.25) is 4.79 Å². The maximum atomic E-state index is 12.5. The van der Waals surface area contributed by atoms with E-state index in [0.29, 0.717) is 23.0 Å². The van der Waals surface area contributed by atoms with Gasteiger partial charge in [-0.05, 0) is 24.1 Å². The maximum Gasteiger partial charge on any atom is 0.225 e. The number of nitrogens with zero attached hydrogens (tertiary/aromatic N) is 1. The fourth-order valence-electron chi connectivity index (χ4n) is 2.57. The number of hydrogen-bond acceptors (Lipinski definition) is 3. The van der Waals surface area contributed by atoms with Gasteiger partial charge < -0.3 is 4.90 Å². The fraction of sp³-hybridized carbons (Fsp3) is 0.533. The van der Waals surface area contributed by atoms with E-state index in [-0.39, 0.29) is 29.4 Å². The Bertz CT molecular complexity index is 673. The number of carbonyl (C=O) groups excluding carboxylic acids is 1. The predicted molar refractivity (Wildman–Crippen MR) is 88.9 cm³/mol. The first-order valence-corrected chi connectivity index (χ1v) is 9.72. The smallest absolute Gasteiger partial charge is 0.225 e. The van der Waals surface area contributed by atoms with E-state index < -0.39 is 9.84 Å². The number of sulfone groups is 1. The minimum absolute atomic E-state index is 0.0245. The summed E-state index contributed by atoms with van der Waals surface area (Å²) in [6.07, 6.45) is 0.478. The van der Waals surface area contributed by atoms with Crippen molar-refractivity contribution in [2.24, 2.45) is 5.92 Å². The van der Waals surface area contributed by atoms with Crippen molar-refractivity contribution in [2.45, 2.75) is 32.9 Å². The zero-order chi connectivity index (χ0) is 16.5. The van der Waals surface area contributed by atoms with Crippen molar-refractivity contribution in [3.8, 4) is 0 Å². The number of amides is 1. The molecule has 1 fully saturated rings. The molecule has 1 atom stereocenters. The SMILES string of the molecule is CC(C)C(=O)N(Cc1ccc(Cl)cc1Cl)C1CCS(=O)(=O)C1. The highest BCUT2D eigenvalue weighted by Gasteiger charge is 2.35. The van der Waals surface area contributed by atoms with Gasteiger partial charge in [0.1, 0.15) is 0 Å². The van der Waals surface area contributed by atoms with Gasteiger partial charge in [0, 0.05) is 28.5 Å². The quantitative estimate of drug-likeness (QED) is 0.825. The first-order chi connectivity index (χ1) is 10.2. The van der Waals surface area contributed by atoms with E-state index in [9.17, 15) is 13.2 Å². The van der Waals surface area contributed by atoms with Gasteiger partial charge in [-0.1, -0.05) is 43.1 Å². The molecule has 0 aliphatic carbocycles. The molecule has 1 unspecified atom stereocenters. The first-order valence-electron chi connectivity index (χ1n) is 7.14. The molecule has 7 heteroatoms. The van der Waals surface area contributed by atoms with Crippen LogP contribution in [0.3, 0.4) is 0 Å². The van der Waals surface area contributed by atoms with Crippen LogP contribution in [0.15, 0.2) is 18.2 Å². The summed E-state index contributed by atoms with van der Waals surface area (Å²) >= 11 is 12.1. The minimum Gasteiger partial charge on any atom is -0.334 e. The van der Waals surface area contributed by atoms with Gasteiger partial charge in [-0.15, -0.1) is 0 Å². The predicted octanol–water partition coefficient (Wildman–Crippen LogP) is 3.17. The van der Waals surface area contributed by atoms with Crippen LogP contribution in [-0.4, -0.2) is 36.8 Å². The van der Waals surface area contributed by atoms with Gasteiger partial charge >= 0.3 is 0 Å². The molecule has 1 aliphatic rings. The lowest BCUT2D eigenvalue weighted by atomic mass is 10.1. The lowest BCUT2D eigenvalue weighted by Crippen LogP contribution is -2.42. The Morgan fingerprint density at radius 3 is 2.55 bits per heavy atom. The highest BCUT2D eigenvalue weighted by Crippen LogP contribution is 2.26. The van der Waals surface area contributed by atoms with Crippen molar-refractivity contribution in [3.63, 3.8) is 0 Å². The number of benzene rings is 1. The number of halogens is 2. The van der Waals surface area contributed by atoms with Crippen LogP contribution in [0, 0.1) is 5.92 Å². The van der Waals surface area contributed by atoms with Crippen LogP contribution in [0.4, 0.5) is 0 Å². The standard InChI is InChI=1S/C15H19Cl2NO3S/c1-10(2)15(19)18(13-5-6-22(20,21)9-13)8-11-3-4-12(16)7-14(11)17/h3-4,7,10,13H,5-6,8-9H2,1-2H3. The normalized spacial score (nSPS) is 20.3. The third-order valence-electron chi connectivity index (χ3n) is 3.78. The zero-order valence-corrected chi connectivity index (χ0v) is 14.9. The van der Waals surface area contributed by atoms with Crippen LogP contribution in [-0.2, 0) is 21.2 Å². The van der Waals surface area contributed by atoms with Crippen molar-refractivity contribution in [1.82, 2.24) is 4.90 Å². The van der Waals surface area contributed by atoms with Crippen molar-refractivity contribution in [3.05, 3.63) is 33.8 Å². The van der Waals surface area contributed by atoms with Crippen molar-refractivity contribution >= 4 is 38.9 Å². The summed E-state index contributed by atoms with van der Waals surface area (Å²) in [4.78, 5) is 14.1. The molecule has 2 rings (SSSR count). The van der Waals surface area contributed by atoms with Crippen molar-refractivity contribution in [1.29, 1.82) is 0 Å². The second-order valence-corrected chi connectivity index (χ2v) is 8.99. The van der Waals surface area contributed by atoms with Crippen molar-refractivity contribution < 1.29 is 13.2 Å². The Hall–Kier alpha value is -0.780. The maximum absolute atomic E-state index is 12.5. The molecule has 1 saturated heterocycles. The van der Waals surface area contributed by atoms with Crippen LogP contribution in [0.5, 0.6) is 0 Å². The molecular formula is C15H19Cl2NO3S. The molecule has 1 heterocycles. The van der Waals surface area contributed by atoms with E-state index in [1.807, 2.05) is 13.8 Å². The second kappa shape index (κ2) is 6.77. The third kappa shape index (κ3) is 4.15. The highest BCUT2D eigenvalue weighted by molar-refractivity contribution is 7.91. The van der Waals surface area contributed by atoms with E-state index in [4.69, 9.17) is 23.2 Å². The van der Waals surface area contributed by atoms with Gasteiger partial charge in [-0.25, -0.2) is 8.42 Å². The molecule has 0 bridgehead atoms. The van der Waals surface area contributed by atoms with E-state index in [2.05, 4.69) is 0 Å². The van der Waals surface area contributed by atoms with E-state index in [1.165, 1.54) is 0 Å². The molecule has 122 valence electrons. The van der Waals surface area contributed by atoms with Crippen LogP contribution in [0.2, 0.25) is 10.0 Å². The molecule has 4 nitrogen and oxygen atoms in total. The Balaban J connectivity index is 2.27. The van der Waals surface area contributed by atoms with Crippen molar-refractivity contribution in [2.75, 3.05) is 11.5 Å². The average Bonchev–Trinajstić information content (AvgIpc) is 2.77. The number of hydrogen-bond donors (Lipinski definition) is 0. The van der Waals surface area contributed by atoms with Crippen LogP contribution < -0.4 is 0 Å². The van der Waals surface area contributed by atoms with Gasteiger partial charge in [-0.2, -0.15) is 0 Å². The molecule has 0 radical (unpaired) electrons. The molecule has 1 amide bonds. The molecule has 0 saturated carbocycles. The van der Waals surface area contributed by atoms with Crippen LogP contribution >= 0.6 is 23.2 Å². The lowest BCUT2D eigenvalue weighted by molar-refractivity contribution is -0.137. The van der Waals surface area contributed by atoms with E-state index in [1.54, 1.807) is 23.1 Å². The molecule has 0 spiro atoms. The highest BCUT2D eigenvalue weighted by atomic mass is 35.5. The summed E-state index contributed by atoms with van der Waals surface area (Å²) in [7, 11) is -3.06. The summed E-state index contributed by atoms with van der Waals surface area (Å²) in [5.41, 5.74) is 0.768. The molecule has 1 aliphatic heterocycles. The summed E-state index contributed by atoms with van der Waals surface area (Å²) in [6.45, 7) is 3.91. The Labute approximate surface area is 141 Å². The second-order valence-electron chi connectivity index (χ2n) is 5.91. The van der Waals surface area contributed by atoms with Gasteiger partial charge in [0.15, 0.2) is 9.84 Å². The summed E-state index contributed by atoms with van der Waals surface area (Å²) in [5.74, 6) is -0.104. The first kappa shape index (κ1) is 17.6. The molecule has 0 N–H and O–H groups in total. The molecular weight excluding hydrogens is 345 g/mol. The number of rotatable bonds is 4. The largest absolute Gasteiger partial charge is 0.334 e. The molecule has 1 aromatic rings. The minimum atomic E-state index is -3.06. The number of carbonyl (C=O) groups is 1. The average molecular weight is 364 g/mol. The van der Waals surface area contributed by atoms with E-state index >= 15 is 0 Å². The molecule has 22 heavy (non-hydrogen) atoms. The topological polar surface area (TPSA) is 54.5 Å². The van der Waals surface area contributed by atoms with Gasteiger partial charge in [0.2, 0.25) is 5.91 Å².